The second-order valence-electron chi connectivity index (χ2n) is 4.87. The molecule has 0 fully saturated rings. The van der Waals surface area contributed by atoms with E-state index in [1.807, 2.05) is 42.5 Å². The summed E-state index contributed by atoms with van der Waals surface area (Å²) in [4.78, 5) is 0. The van der Waals surface area contributed by atoms with E-state index in [-0.39, 0.29) is 12.6 Å². The van der Waals surface area contributed by atoms with Gasteiger partial charge in [0.25, 0.3) is 0 Å². The molecule has 2 aromatic carbocycles. The van der Waals surface area contributed by atoms with Crippen molar-refractivity contribution in [3.8, 4) is 0 Å². The highest BCUT2D eigenvalue weighted by molar-refractivity contribution is 5.83. The van der Waals surface area contributed by atoms with Crippen LogP contribution in [0.3, 0.4) is 0 Å². The van der Waals surface area contributed by atoms with Crippen LogP contribution >= 0.6 is 0 Å². The minimum absolute atomic E-state index is 0.0156. The Morgan fingerprint density at radius 2 is 1.90 bits per heavy atom. The molecule has 2 aromatic rings. The van der Waals surface area contributed by atoms with Gasteiger partial charge in [0, 0.05) is 13.7 Å². The SMILES string of the molecule is COCC(CO)NCC(O)c1ccc2ccccc2c1. The molecule has 0 aromatic heterocycles. The largest absolute Gasteiger partial charge is 0.395 e. The zero-order valence-corrected chi connectivity index (χ0v) is 11.6. The Labute approximate surface area is 119 Å². The highest BCUT2D eigenvalue weighted by atomic mass is 16.5. The first-order valence-corrected chi connectivity index (χ1v) is 6.74. The van der Waals surface area contributed by atoms with Gasteiger partial charge in [0.15, 0.2) is 0 Å². The van der Waals surface area contributed by atoms with Crippen molar-refractivity contribution in [2.45, 2.75) is 12.1 Å². The standard InChI is InChI=1S/C16H21NO3/c1-20-11-15(10-18)17-9-16(19)14-7-6-12-4-2-3-5-13(12)8-14/h2-8,15-19H,9-11H2,1H3. The van der Waals surface area contributed by atoms with E-state index in [1.54, 1.807) is 7.11 Å². The highest BCUT2D eigenvalue weighted by Crippen LogP contribution is 2.20. The number of rotatable bonds is 7. The van der Waals surface area contributed by atoms with Gasteiger partial charge in [-0.1, -0.05) is 36.4 Å². The molecule has 2 atom stereocenters. The van der Waals surface area contributed by atoms with E-state index in [1.165, 1.54) is 0 Å². The van der Waals surface area contributed by atoms with Crippen LogP contribution in [0.5, 0.6) is 0 Å². The number of nitrogens with one attached hydrogen (secondary N) is 1. The Bertz CT molecular complexity index is 544. The molecule has 0 aliphatic carbocycles. The molecule has 0 bridgehead atoms. The van der Waals surface area contributed by atoms with Crippen molar-refractivity contribution in [2.24, 2.45) is 0 Å². The fourth-order valence-corrected chi connectivity index (χ4v) is 2.19. The number of fused-ring (bicyclic) bond motifs is 1. The molecular formula is C16H21NO3. The van der Waals surface area contributed by atoms with Crippen molar-refractivity contribution in [1.29, 1.82) is 0 Å². The Balaban J connectivity index is 2.01. The fourth-order valence-electron chi connectivity index (χ4n) is 2.19. The summed E-state index contributed by atoms with van der Waals surface area (Å²) in [5.41, 5.74) is 0.866. The Hall–Kier alpha value is -1.46. The normalized spacial score (nSPS) is 14.3. The van der Waals surface area contributed by atoms with Gasteiger partial charge in [-0.3, -0.25) is 0 Å². The van der Waals surface area contributed by atoms with Gasteiger partial charge in [-0.25, -0.2) is 0 Å². The summed E-state index contributed by atoms with van der Waals surface area (Å²) in [6.07, 6.45) is -0.606. The number of hydrogen-bond donors (Lipinski definition) is 3. The van der Waals surface area contributed by atoms with Gasteiger partial charge >= 0.3 is 0 Å². The van der Waals surface area contributed by atoms with Crippen LogP contribution in [0.4, 0.5) is 0 Å². The monoisotopic (exact) mass is 275 g/mol. The number of benzene rings is 2. The van der Waals surface area contributed by atoms with E-state index < -0.39 is 6.10 Å². The molecule has 20 heavy (non-hydrogen) atoms. The summed E-state index contributed by atoms with van der Waals surface area (Å²) in [5.74, 6) is 0. The van der Waals surface area contributed by atoms with Crippen LogP contribution < -0.4 is 5.32 Å². The third-order valence-corrected chi connectivity index (χ3v) is 3.35. The van der Waals surface area contributed by atoms with Gasteiger partial charge < -0.3 is 20.3 Å². The first kappa shape index (κ1) is 14.9. The third-order valence-electron chi connectivity index (χ3n) is 3.35. The molecular weight excluding hydrogens is 254 g/mol. The number of hydrogen-bond acceptors (Lipinski definition) is 4. The molecule has 0 heterocycles. The van der Waals surface area contributed by atoms with Crippen LogP contribution in [-0.2, 0) is 4.74 Å². The summed E-state index contributed by atoms with van der Waals surface area (Å²) in [5, 5.41) is 24.7. The smallest absolute Gasteiger partial charge is 0.0914 e. The maximum Gasteiger partial charge on any atom is 0.0914 e. The number of aliphatic hydroxyl groups is 2. The van der Waals surface area contributed by atoms with E-state index in [0.29, 0.717) is 13.2 Å². The summed E-state index contributed by atoms with van der Waals surface area (Å²) in [6.45, 7) is 0.784. The molecule has 2 rings (SSSR count). The molecule has 108 valence electrons. The number of ether oxygens (including phenoxy) is 1. The topological polar surface area (TPSA) is 61.7 Å². The molecule has 0 amide bonds. The molecule has 4 nitrogen and oxygen atoms in total. The quantitative estimate of drug-likeness (QED) is 0.716. The molecule has 0 aliphatic heterocycles. The van der Waals surface area contributed by atoms with E-state index in [9.17, 15) is 5.11 Å². The lowest BCUT2D eigenvalue weighted by Crippen LogP contribution is -2.38. The Morgan fingerprint density at radius 1 is 1.15 bits per heavy atom. The molecule has 0 aliphatic rings. The average molecular weight is 275 g/mol. The summed E-state index contributed by atoms with van der Waals surface area (Å²) in [6, 6.07) is 13.8. The maximum atomic E-state index is 10.2. The van der Waals surface area contributed by atoms with Crippen molar-refractivity contribution in [1.82, 2.24) is 5.32 Å². The average Bonchev–Trinajstić information content (AvgIpc) is 2.50. The van der Waals surface area contributed by atoms with Gasteiger partial charge in [0.1, 0.15) is 0 Å². The van der Waals surface area contributed by atoms with Crippen molar-refractivity contribution in [3.63, 3.8) is 0 Å². The molecule has 0 spiro atoms. The Morgan fingerprint density at radius 3 is 2.60 bits per heavy atom. The summed E-state index contributed by atoms with van der Waals surface area (Å²) in [7, 11) is 1.59. The van der Waals surface area contributed by atoms with Gasteiger partial charge in [0.2, 0.25) is 0 Å². The van der Waals surface area contributed by atoms with E-state index >= 15 is 0 Å². The summed E-state index contributed by atoms with van der Waals surface area (Å²) >= 11 is 0. The lowest BCUT2D eigenvalue weighted by molar-refractivity contribution is 0.111. The summed E-state index contributed by atoms with van der Waals surface area (Å²) < 4.78 is 4.99. The molecule has 4 heteroatoms. The van der Waals surface area contributed by atoms with Crippen LogP contribution in [0, 0.1) is 0 Å². The minimum atomic E-state index is -0.606. The van der Waals surface area contributed by atoms with Crippen LogP contribution in [0.25, 0.3) is 10.8 Å². The van der Waals surface area contributed by atoms with E-state index in [2.05, 4.69) is 5.32 Å². The van der Waals surface area contributed by atoms with Gasteiger partial charge in [-0.15, -0.1) is 0 Å². The van der Waals surface area contributed by atoms with Crippen molar-refractivity contribution in [3.05, 3.63) is 48.0 Å². The van der Waals surface area contributed by atoms with Gasteiger partial charge in [-0.05, 0) is 22.4 Å². The van der Waals surface area contributed by atoms with Gasteiger partial charge in [0.05, 0.1) is 25.4 Å². The predicted molar refractivity (Wildman–Crippen MR) is 79.7 cm³/mol. The lowest BCUT2D eigenvalue weighted by Gasteiger charge is -2.18. The van der Waals surface area contributed by atoms with E-state index in [4.69, 9.17) is 9.84 Å². The zero-order valence-electron chi connectivity index (χ0n) is 11.6. The van der Waals surface area contributed by atoms with Crippen LogP contribution in [0.15, 0.2) is 42.5 Å². The first-order chi connectivity index (χ1) is 9.74. The lowest BCUT2D eigenvalue weighted by atomic mass is 10.0. The second kappa shape index (κ2) is 7.36. The van der Waals surface area contributed by atoms with Crippen molar-refractivity contribution in [2.75, 3.05) is 26.9 Å². The van der Waals surface area contributed by atoms with Crippen molar-refractivity contribution < 1.29 is 14.9 Å². The van der Waals surface area contributed by atoms with Crippen LogP contribution in [-0.4, -0.2) is 43.1 Å². The number of aliphatic hydroxyl groups excluding tert-OH is 2. The van der Waals surface area contributed by atoms with Crippen LogP contribution in [0.1, 0.15) is 11.7 Å². The zero-order chi connectivity index (χ0) is 14.4. The molecule has 0 radical (unpaired) electrons. The molecule has 2 unspecified atom stereocenters. The van der Waals surface area contributed by atoms with Gasteiger partial charge in [-0.2, -0.15) is 0 Å². The first-order valence-electron chi connectivity index (χ1n) is 6.74. The third kappa shape index (κ3) is 3.77. The fraction of sp³-hybridized carbons (Fsp3) is 0.375. The van der Waals surface area contributed by atoms with E-state index in [0.717, 1.165) is 16.3 Å². The molecule has 0 saturated heterocycles. The number of methoxy groups -OCH3 is 1. The Kier molecular flexibility index (Phi) is 5.49. The maximum absolute atomic E-state index is 10.2. The van der Waals surface area contributed by atoms with Crippen molar-refractivity contribution >= 4 is 10.8 Å². The predicted octanol–water partition coefficient (Wildman–Crippen LogP) is 1.47. The molecule has 3 N–H and O–H groups in total. The second-order valence-corrected chi connectivity index (χ2v) is 4.87. The highest BCUT2D eigenvalue weighted by Gasteiger charge is 2.12. The minimum Gasteiger partial charge on any atom is -0.395 e. The van der Waals surface area contributed by atoms with Crippen LogP contribution in [0.2, 0.25) is 0 Å². The molecule has 0 saturated carbocycles.